The van der Waals surface area contributed by atoms with Crippen molar-refractivity contribution in [3.8, 4) is 23.0 Å². The number of nitrogens with zero attached hydrogens (tertiary/aromatic N) is 4. The summed E-state index contributed by atoms with van der Waals surface area (Å²) in [5.41, 5.74) is -0.751. The van der Waals surface area contributed by atoms with Crippen LogP contribution in [0, 0.1) is 20.2 Å². The van der Waals surface area contributed by atoms with Crippen LogP contribution in [0.15, 0.2) is 49.6 Å². The number of benzene rings is 2. The Bertz CT molecular complexity index is 2650. The van der Waals surface area contributed by atoms with Gasteiger partial charge in [-0.05, 0) is 136 Å². The van der Waals surface area contributed by atoms with Gasteiger partial charge in [0, 0.05) is 25.7 Å². The Morgan fingerprint density at radius 3 is 1.25 bits per heavy atom. The smallest absolute Gasteiger partial charge is 0.490 e. The molecule has 462 valence electrons. The van der Waals surface area contributed by atoms with E-state index >= 15 is 0 Å². The number of imide groups is 2. The van der Waals surface area contributed by atoms with Crippen LogP contribution in [0.4, 0.5) is 21.0 Å². The molecule has 2 aromatic rings. The molecule has 32 heteroatoms. The van der Waals surface area contributed by atoms with Crippen LogP contribution in [0.5, 0.6) is 23.0 Å². The maximum Gasteiger partial charge on any atom is 0.534 e. The third-order valence-corrected chi connectivity index (χ3v) is 31.6. The minimum atomic E-state index is -2.33. The van der Waals surface area contributed by atoms with Crippen molar-refractivity contribution in [3.05, 3.63) is 80.9 Å². The molecule has 2 heterocycles. The van der Waals surface area contributed by atoms with Crippen LogP contribution in [-0.2, 0) is 54.8 Å². The maximum absolute atomic E-state index is 12.5. The van der Waals surface area contributed by atoms with Crippen LogP contribution >= 0.6 is 0 Å². The van der Waals surface area contributed by atoms with Crippen LogP contribution in [0.3, 0.4) is 0 Å². The van der Waals surface area contributed by atoms with Gasteiger partial charge in [0.2, 0.25) is 0 Å². The van der Waals surface area contributed by atoms with Gasteiger partial charge in [0.1, 0.15) is 25.4 Å². The number of nitro groups is 2. The van der Waals surface area contributed by atoms with Crippen LogP contribution in [-0.4, -0.2) is 133 Å². The summed E-state index contributed by atoms with van der Waals surface area (Å²) in [6.45, 7) is 38.2. The highest BCUT2D eigenvalue weighted by Crippen LogP contribution is 2.41. The second-order valence-corrected chi connectivity index (χ2v) is 46.0. The van der Waals surface area contributed by atoms with Gasteiger partial charge in [0.05, 0.1) is 46.3 Å². The van der Waals surface area contributed by atoms with E-state index in [4.69, 9.17) is 49.7 Å². The maximum atomic E-state index is 12.5. The standard InChI is InChI=1S/C32H62N2O13Si6.C19H20N2O9/c1-25(42-32(37)43-33-30(35)17-18-31(33)36)26-23-28(40-19-15-22-51(9,10)47-53(13,14)45-49(4,5)6)29(24-27(26)34(38)39)41-20-16-21-50(7,8)46-52(11,12)44-48(2)3;1-4-8-27-15-10-13(14(21(25)26)11-16(15)28-9-5-2)12(3)29-19(24)30-20-17(22)6-7-18(20)23/h23-25,48H,15-22H2,1-14H3;4-5,10-12H,1-2,6-9H2,3H3. The highest BCUT2D eigenvalue weighted by atomic mass is 28.5. The second-order valence-electron chi connectivity index (χ2n) is 22.6. The quantitative estimate of drug-likeness (QED) is 0.0125. The van der Waals surface area contributed by atoms with E-state index in [0.29, 0.717) is 23.0 Å². The van der Waals surface area contributed by atoms with E-state index in [0.717, 1.165) is 18.2 Å². The van der Waals surface area contributed by atoms with Crippen molar-refractivity contribution in [2.75, 3.05) is 26.4 Å². The first kappa shape index (κ1) is 71.1. The molecule has 0 N–H and O–H groups in total. The normalized spacial score (nSPS) is 14.8. The van der Waals surface area contributed by atoms with Crippen molar-refractivity contribution < 1.29 is 93.2 Å². The first-order chi connectivity index (χ1) is 38.4. The number of hydrogen-bond acceptors (Lipinski definition) is 22. The minimum Gasteiger partial charge on any atom is -0.490 e. The lowest BCUT2D eigenvalue weighted by Crippen LogP contribution is -2.51. The number of amides is 4. The molecule has 4 rings (SSSR count). The zero-order valence-corrected chi connectivity index (χ0v) is 56.5. The predicted octanol–water partition coefficient (Wildman–Crippen LogP) is 11.1. The van der Waals surface area contributed by atoms with E-state index < -0.39 is 115 Å². The van der Waals surface area contributed by atoms with Gasteiger partial charge in [-0.15, -0.1) is 0 Å². The molecular weight excluding hydrogens is 1190 g/mol. The Hall–Kier alpha value is -6.12. The summed E-state index contributed by atoms with van der Waals surface area (Å²) in [5, 5.41) is 24.5. The molecule has 0 bridgehead atoms. The van der Waals surface area contributed by atoms with Crippen molar-refractivity contribution in [2.45, 2.75) is 162 Å². The van der Waals surface area contributed by atoms with E-state index in [1.54, 1.807) is 0 Å². The highest BCUT2D eigenvalue weighted by molar-refractivity contribution is 6.87. The van der Waals surface area contributed by atoms with Crippen LogP contribution < -0.4 is 18.9 Å². The SMILES string of the molecule is C=CCOc1cc(C(C)OC(=O)ON2C(=O)CCC2=O)c([N+](=O)[O-])cc1OCC=C.CC(OC(=O)ON1C(=O)CCC1=O)c1cc(OCCC[Si](C)(C)O[Si](C)(C)O[Si](C)(C)C)c(OCCC[Si](C)(C)O[Si](C)(C)O[SiH](C)C)cc1[N+](=O)[O-]. The van der Waals surface area contributed by atoms with Gasteiger partial charge in [-0.2, -0.15) is 0 Å². The molecule has 2 aliphatic heterocycles. The van der Waals surface area contributed by atoms with Gasteiger partial charge in [-0.1, -0.05) is 35.4 Å². The largest absolute Gasteiger partial charge is 0.534 e. The first-order valence-electron chi connectivity index (χ1n) is 27.0. The monoisotopic (exact) mass is 1270 g/mol. The van der Waals surface area contributed by atoms with Crippen LogP contribution in [0.2, 0.25) is 97.2 Å². The number of carbonyl (C=O) groups excluding carboxylic acids is 6. The molecule has 2 aliphatic rings. The second kappa shape index (κ2) is 31.1. The number of ether oxygens (including phenoxy) is 6. The minimum absolute atomic E-state index is 0.0129. The van der Waals surface area contributed by atoms with Crippen molar-refractivity contribution in [1.82, 2.24) is 10.1 Å². The third-order valence-electron chi connectivity index (χ3n) is 11.5. The fourth-order valence-electron chi connectivity index (χ4n) is 8.91. The lowest BCUT2D eigenvalue weighted by Gasteiger charge is -2.37. The third kappa shape index (κ3) is 24.2. The van der Waals surface area contributed by atoms with Gasteiger partial charge >= 0.3 is 29.4 Å². The molecule has 2 atom stereocenters. The molecule has 2 aromatic carbocycles. The fourth-order valence-corrected chi connectivity index (χ4v) is 34.0. The molecule has 4 amide bonds. The van der Waals surface area contributed by atoms with Crippen molar-refractivity contribution in [3.63, 3.8) is 0 Å². The van der Waals surface area contributed by atoms with Gasteiger partial charge < -0.3 is 44.9 Å². The van der Waals surface area contributed by atoms with Gasteiger partial charge in [0.15, 0.2) is 57.0 Å². The van der Waals surface area contributed by atoms with E-state index in [1.165, 1.54) is 44.2 Å². The predicted molar refractivity (Wildman–Crippen MR) is 318 cm³/mol. The van der Waals surface area contributed by atoms with E-state index in [2.05, 4.69) is 103 Å². The molecule has 83 heavy (non-hydrogen) atoms. The summed E-state index contributed by atoms with van der Waals surface area (Å²) >= 11 is 0. The number of rotatable bonds is 32. The lowest BCUT2D eigenvalue weighted by molar-refractivity contribution is -0.386. The molecule has 0 radical (unpaired) electrons. The van der Waals surface area contributed by atoms with Gasteiger partial charge in [-0.3, -0.25) is 49.1 Å². The number of hydroxylamine groups is 4. The Morgan fingerprint density at radius 1 is 0.578 bits per heavy atom. The Labute approximate surface area is 491 Å². The number of carbonyl (C=O) groups is 6. The molecule has 2 fully saturated rings. The Morgan fingerprint density at radius 2 is 0.916 bits per heavy atom. The van der Waals surface area contributed by atoms with Crippen LogP contribution in [0.1, 0.15) is 75.7 Å². The number of nitro benzene ring substituents is 2. The number of hydrogen-bond donors (Lipinski definition) is 0. The average Bonchev–Trinajstić information content (AvgIpc) is 4.08. The summed E-state index contributed by atoms with van der Waals surface area (Å²) in [7, 11) is -11.9. The lowest BCUT2D eigenvalue weighted by atomic mass is 10.1. The first-order valence-corrected chi connectivity index (χ1v) is 45.1. The van der Waals surface area contributed by atoms with Crippen molar-refractivity contribution in [1.29, 1.82) is 0 Å². The Balaban J connectivity index is 0.000000507. The van der Waals surface area contributed by atoms with E-state index in [9.17, 15) is 49.0 Å². The summed E-state index contributed by atoms with van der Waals surface area (Å²) in [4.78, 5) is 103. The average molecular weight is 1270 g/mol. The molecule has 0 aliphatic carbocycles. The zero-order chi connectivity index (χ0) is 62.8. The molecule has 2 unspecified atom stereocenters. The fraction of sp³-hybridized carbons (Fsp3) is 0.569. The summed E-state index contributed by atoms with van der Waals surface area (Å²) in [5.74, 6) is -2.04. The Kier molecular flexibility index (Phi) is 26.7. The zero-order valence-electron chi connectivity index (χ0n) is 50.4. The molecule has 26 nitrogen and oxygen atoms in total. The molecule has 0 spiro atoms. The van der Waals surface area contributed by atoms with Crippen LogP contribution in [0.25, 0.3) is 0 Å². The van der Waals surface area contributed by atoms with Gasteiger partial charge in [0.25, 0.3) is 35.0 Å². The van der Waals surface area contributed by atoms with E-state index in [-0.39, 0.29) is 91.9 Å². The van der Waals surface area contributed by atoms with Crippen molar-refractivity contribution in [2.24, 2.45) is 0 Å². The topological polar surface area (TPSA) is 306 Å². The molecule has 0 aromatic heterocycles. The molecular formula is C51H82N4O22Si6. The van der Waals surface area contributed by atoms with Gasteiger partial charge in [-0.25, -0.2) is 9.59 Å². The molecule has 2 saturated heterocycles. The van der Waals surface area contributed by atoms with Crippen molar-refractivity contribution >= 4 is 98.4 Å². The van der Waals surface area contributed by atoms with E-state index in [1.807, 2.05) is 0 Å². The summed E-state index contributed by atoms with van der Waals surface area (Å²) in [6.07, 6.45) is -1.21. The summed E-state index contributed by atoms with van der Waals surface area (Å²) < 4.78 is 59.4. The summed E-state index contributed by atoms with van der Waals surface area (Å²) in [6, 6.07) is 6.70. The highest BCUT2D eigenvalue weighted by Gasteiger charge is 2.40. The molecule has 0 saturated carbocycles.